The fourth-order valence-electron chi connectivity index (χ4n) is 2.64. The topological polar surface area (TPSA) is 73.9 Å². The van der Waals surface area contributed by atoms with Gasteiger partial charge in [-0.1, -0.05) is 40.0 Å². The van der Waals surface area contributed by atoms with Crippen molar-refractivity contribution in [2.75, 3.05) is 25.6 Å². The van der Waals surface area contributed by atoms with E-state index in [1.54, 1.807) is 39.2 Å². The van der Waals surface area contributed by atoms with Crippen LogP contribution in [0.1, 0.15) is 70.7 Å². The second-order valence-electron chi connectivity index (χ2n) is 7.48. The summed E-state index contributed by atoms with van der Waals surface area (Å²) in [7, 11) is 1.54. The monoisotopic (exact) mass is 393 g/mol. The minimum Gasteiger partial charge on any atom is -0.492 e. The molecule has 1 aromatic carbocycles. The Bertz CT molecular complexity index is 644. The molecule has 6 nitrogen and oxygen atoms in total. The molecular formula is C22H35NO5. The van der Waals surface area contributed by atoms with Gasteiger partial charge in [-0.05, 0) is 44.4 Å². The number of unbranched alkanes of at least 4 members (excludes halogenated alkanes) is 2. The van der Waals surface area contributed by atoms with Crippen LogP contribution >= 0.6 is 0 Å². The van der Waals surface area contributed by atoms with E-state index in [0.717, 1.165) is 19.3 Å². The van der Waals surface area contributed by atoms with Crippen molar-refractivity contribution in [2.24, 2.45) is 5.92 Å². The number of amides is 1. The third kappa shape index (κ3) is 7.15. The highest BCUT2D eigenvalue weighted by atomic mass is 16.5. The van der Waals surface area contributed by atoms with Gasteiger partial charge in [0.2, 0.25) is 0 Å². The molecule has 1 N–H and O–H groups in total. The first-order valence-electron chi connectivity index (χ1n) is 10.1. The van der Waals surface area contributed by atoms with Crippen molar-refractivity contribution in [1.82, 2.24) is 0 Å². The Hall–Kier alpha value is -2.08. The molecule has 0 radical (unpaired) electrons. The summed E-state index contributed by atoms with van der Waals surface area (Å²) >= 11 is 0. The van der Waals surface area contributed by atoms with E-state index in [0.29, 0.717) is 35.9 Å². The Morgan fingerprint density at radius 1 is 1.18 bits per heavy atom. The van der Waals surface area contributed by atoms with Gasteiger partial charge in [-0.25, -0.2) is 4.79 Å². The van der Waals surface area contributed by atoms with Gasteiger partial charge in [0.1, 0.15) is 16.9 Å². The molecule has 1 atom stereocenters. The number of carbonyl (C=O) groups excluding carboxylic acids is 2. The molecule has 0 heterocycles. The van der Waals surface area contributed by atoms with Gasteiger partial charge < -0.3 is 19.5 Å². The van der Waals surface area contributed by atoms with Crippen molar-refractivity contribution in [2.45, 2.75) is 65.9 Å². The van der Waals surface area contributed by atoms with Crippen LogP contribution in [0.4, 0.5) is 5.69 Å². The highest BCUT2D eigenvalue weighted by Crippen LogP contribution is 2.26. The van der Waals surface area contributed by atoms with Gasteiger partial charge >= 0.3 is 5.97 Å². The second kappa shape index (κ2) is 11.7. The summed E-state index contributed by atoms with van der Waals surface area (Å²) in [6.07, 6.45) is 3.65. The summed E-state index contributed by atoms with van der Waals surface area (Å²) in [5, 5.41) is 2.86. The molecule has 0 aliphatic carbocycles. The first-order chi connectivity index (χ1) is 13.3. The SMILES string of the molecule is CCCCCC(C)(OC)C(=O)Nc1ccc(OCC(C)C)c(C(=O)OCC)c1. The van der Waals surface area contributed by atoms with Crippen LogP contribution in [0, 0.1) is 5.92 Å². The molecule has 0 fully saturated rings. The zero-order chi connectivity index (χ0) is 21.2. The van der Waals surface area contributed by atoms with E-state index < -0.39 is 11.6 Å². The van der Waals surface area contributed by atoms with Gasteiger partial charge in [0.05, 0.1) is 13.2 Å². The molecule has 0 bridgehead atoms. The molecule has 0 saturated carbocycles. The molecule has 0 aliphatic heterocycles. The molecule has 1 aromatic rings. The first kappa shape index (κ1) is 24.0. The second-order valence-corrected chi connectivity index (χ2v) is 7.48. The summed E-state index contributed by atoms with van der Waals surface area (Å²) in [6, 6.07) is 5.00. The number of benzene rings is 1. The number of hydrogen-bond donors (Lipinski definition) is 1. The van der Waals surface area contributed by atoms with E-state index >= 15 is 0 Å². The van der Waals surface area contributed by atoms with Gasteiger partial charge in [0.25, 0.3) is 5.91 Å². The van der Waals surface area contributed by atoms with Crippen LogP contribution in [0.2, 0.25) is 0 Å². The zero-order valence-electron chi connectivity index (χ0n) is 18.1. The molecule has 0 aromatic heterocycles. The first-order valence-corrected chi connectivity index (χ1v) is 10.1. The highest BCUT2D eigenvalue weighted by Gasteiger charge is 2.32. The van der Waals surface area contributed by atoms with Crippen LogP contribution in [0.15, 0.2) is 18.2 Å². The van der Waals surface area contributed by atoms with Crippen LogP contribution in [-0.2, 0) is 14.3 Å². The summed E-state index contributed by atoms with van der Waals surface area (Å²) in [5.41, 5.74) is -0.124. The van der Waals surface area contributed by atoms with Gasteiger partial charge in [-0.3, -0.25) is 4.79 Å². The highest BCUT2D eigenvalue weighted by molar-refractivity contribution is 5.99. The van der Waals surface area contributed by atoms with Crippen molar-refractivity contribution >= 4 is 17.6 Å². The minimum atomic E-state index is -0.925. The van der Waals surface area contributed by atoms with E-state index in [-0.39, 0.29) is 12.5 Å². The predicted molar refractivity (Wildman–Crippen MR) is 111 cm³/mol. The van der Waals surface area contributed by atoms with Crippen LogP contribution in [0.3, 0.4) is 0 Å². The molecule has 1 rings (SSSR count). The van der Waals surface area contributed by atoms with Crippen molar-refractivity contribution in [3.8, 4) is 5.75 Å². The van der Waals surface area contributed by atoms with Gasteiger partial charge in [0.15, 0.2) is 0 Å². The Balaban J connectivity index is 3.01. The minimum absolute atomic E-state index is 0.239. The summed E-state index contributed by atoms with van der Waals surface area (Å²) in [5.74, 6) is 0.0501. The Morgan fingerprint density at radius 3 is 2.46 bits per heavy atom. The third-order valence-corrected chi connectivity index (χ3v) is 4.49. The molecule has 1 unspecified atom stereocenters. The van der Waals surface area contributed by atoms with Crippen LogP contribution in [-0.4, -0.2) is 37.8 Å². The zero-order valence-corrected chi connectivity index (χ0v) is 18.1. The number of methoxy groups -OCH3 is 1. The van der Waals surface area contributed by atoms with E-state index in [9.17, 15) is 9.59 Å². The Labute approximate surface area is 168 Å². The maximum atomic E-state index is 12.8. The van der Waals surface area contributed by atoms with Crippen molar-refractivity contribution < 1.29 is 23.8 Å². The molecule has 1 amide bonds. The number of nitrogens with one attached hydrogen (secondary N) is 1. The predicted octanol–water partition coefficient (Wildman–Crippen LogP) is 4.82. The molecule has 0 saturated heterocycles. The molecule has 0 aliphatic rings. The standard InChI is InChI=1S/C22H35NO5/c1-7-9-10-13-22(5,26-6)21(25)23-17-11-12-19(28-15-16(3)4)18(14-17)20(24)27-8-2/h11-12,14,16H,7-10,13,15H2,1-6H3,(H,23,25). The number of anilines is 1. The lowest BCUT2D eigenvalue weighted by molar-refractivity contribution is -0.136. The van der Waals surface area contributed by atoms with Crippen molar-refractivity contribution in [3.05, 3.63) is 23.8 Å². The third-order valence-electron chi connectivity index (χ3n) is 4.49. The van der Waals surface area contributed by atoms with E-state index in [4.69, 9.17) is 14.2 Å². The van der Waals surface area contributed by atoms with Gasteiger partial charge in [-0.15, -0.1) is 0 Å². The largest absolute Gasteiger partial charge is 0.492 e. The number of ether oxygens (including phenoxy) is 3. The van der Waals surface area contributed by atoms with Crippen molar-refractivity contribution in [1.29, 1.82) is 0 Å². The Morgan fingerprint density at radius 2 is 1.89 bits per heavy atom. The Kier molecular flexibility index (Phi) is 10.0. The van der Waals surface area contributed by atoms with Crippen LogP contribution < -0.4 is 10.1 Å². The number of hydrogen-bond acceptors (Lipinski definition) is 5. The van der Waals surface area contributed by atoms with Gasteiger partial charge in [0, 0.05) is 12.8 Å². The van der Waals surface area contributed by atoms with Crippen molar-refractivity contribution in [3.63, 3.8) is 0 Å². The quantitative estimate of drug-likeness (QED) is 0.407. The van der Waals surface area contributed by atoms with Gasteiger partial charge in [-0.2, -0.15) is 0 Å². The average molecular weight is 394 g/mol. The number of esters is 1. The fraction of sp³-hybridized carbons (Fsp3) is 0.636. The summed E-state index contributed by atoms with van der Waals surface area (Å²) < 4.78 is 16.4. The summed E-state index contributed by atoms with van der Waals surface area (Å²) in [6.45, 7) is 10.5. The normalized spacial score (nSPS) is 13.1. The molecule has 28 heavy (non-hydrogen) atoms. The lowest BCUT2D eigenvalue weighted by atomic mass is 9.96. The maximum Gasteiger partial charge on any atom is 0.341 e. The van der Waals surface area contributed by atoms with Crippen LogP contribution in [0.5, 0.6) is 5.75 Å². The molecule has 158 valence electrons. The van der Waals surface area contributed by atoms with E-state index in [1.165, 1.54) is 0 Å². The number of rotatable bonds is 12. The van der Waals surface area contributed by atoms with E-state index in [2.05, 4.69) is 12.2 Å². The lowest BCUT2D eigenvalue weighted by Gasteiger charge is -2.27. The van der Waals surface area contributed by atoms with E-state index in [1.807, 2.05) is 13.8 Å². The summed E-state index contributed by atoms with van der Waals surface area (Å²) in [4.78, 5) is 25.1. The smallest absolute Gasteiger partial charge is 0.341 e. The molecular weight excluding hydrogens is 358 g/mol. The van der Waals surface area contributed by atoms with Crippen LogP contribution in [0.25, 0.3) is 0 Å². The average Bonchev–Trinajstić information content (AvgIpc) is 2.66. The lowest BCUT2D eigenvalue weighted by Crippen LogP contribution is -2.42. The molecule has 0 spiro atoms. The number of carbonyl (C=O) groups is 2. The fourth-order valence-corrected chi connectivity index (χ4v) is 2.64. The maximum absolute atomic E-state index is 12.8. The molecule has 6 heteroatoms.